The number of aromatic hydroxyl groups is 1. The molecule has 1 aromatic carbocycles. The summed E-state index contributed by atoms with van der Waals surface area (Å²) in [6.45, 7) is 5.18. The van der Waals surface area contributed by atoms with E-state index >= 15 is 0 Å². The van der Waals surface area contributed by atoms with Crippen LogP contribution >= 0.6 is 0 Å². The Hall–Kier alpha value is -1.28. The van der Waals surface area contributed by atoms with Gasteiger partial charge in [-0.25, -0.2) is 0 Å². The smallest absolute Gasteiger partial charge is 0.123 e. The molecule has 16 heavy (non-hydrogen) atoms. The molecule has 0 aliphatic carbocycles. The summed E-state index contributed by atoms with van der Waals surface area (Å²) in [4.78, 5) is 2.16. The van der Waals surface area contributed by atoms with Crippen molar-refractivity contribution in [2.24, 2.45) is 5.92 Å². The summed E-state index contributed by atoms with van der Waals surface area (Å²) in [6.07, 6.45) is 2.09. The number of hydrogen-bond donors (Lipinski definition) is 1. The van der Waals surface area contributed by atoms with Crippen LogP contribution in [0.5, 0.6) is 5.75 Å². The van der Waals surface area contributed by atoms with Gasteiger partial charge in [-0.1, -0.05) is 31.2 Å². The average molecular weight is 219 g/mol. The Kier molecular flexibility index (Phi) is 4.56. The molecule has 1 N–H and O–H groups in total. The van der Waals surface area contributed by atoms with Gasteiger partial charge in [0.05, 0.1) is 0 Å². The largest absolute Gasteiger partial charge is 0.507 e. The molecule has 2 heteroatoms. The summed E-state index contributed by atoms with van der Waals surface area (Å²) < 4.78 is 0. The molecular weight excluding hydrogens is 198 g/mol. The molecule has 0 fully saturated rings. The highest BCUT2D eigenvalue weighted by atomic mass is 16.3. The number of nitrogens with zero attached hydrogens (tertiary/aromatic N) is 1. The Bertz CT molecular complexity index is 369. The zero-order valence-electron chi connectivity index (χ0n) is 10.6. The van der Waals surface area contributed by atoms with Crippen LogP contribution in [-0.2, 0) is 0 Å². The van der Waals surface area contributed by atoms with E-state index in [1.165, 1.54) is 5.57 Å². The predicted molar refractivity (Wildman–Crippen MR) is 69.5 cm³/mol. The van der Waals surface area contributed by atoms with Crippen molar-refractivity contribution in [2.45, 2.75) is 13.8 Å². The lowest BCUT2D eigenvalue weighted by Crippen LogP contribution is -2.20. The van der Waals surface area contributed by atoms with Crippen molar-refractivity contribution in [2.75, 3.05) is 20.6 Å². The molecule has 0 saturated heterocycles. The monoisotopic (exact) mass is 219 g/mol. The van der Waals surface area contributed by atoms with Gasteiger partial charge in [0, 0.05) is 12.1 Å². The molecule has 2 nitrogen and oxygen atoms in total. The van der Waals surface area contributed by atoms with Crippen molar-refractivity contribution in [3.05, 3.63) is 35.9 Å². The number of rotatable bonds is 4. The lowest BCUT2D eigenvalue weighted by Gasteiger charge is -2.20. The molecular formula is C14H21NO. The summed E-state index contributed by atoms with van der Waals surface area (Å²) in [5, 5.41) is 9.84. The zero-order chi connectivity index (χ0) is 12.1. The molecule has 0 aliphatic rings. The molecule has 0 saturated carbocycles. The Labute approximate surface area is 98.2 Å². The standard InChI is InChI=1S/C14H21NO/c1-5-12(11(2)10-15(3)4)13-8-6-7-9-14(13)16/h5-9,11,16H,10H2,1-4H3. The Balaban J connectivity index is 2.96. The summed E-state index contributed by atoms with van der Waals surface area (Å²) in [7, 11) is 4.13. The lowest BCUT2D eigenvalue weighted by atomic mass is 9.92. The van der Waals surface area contributed by atoms with E-state index < -0.39 is 0 Å². The second kappa shape index (κ2) is 5.71. The van der Waals surface area contributed by atoms with Crippen LogP contribution < -0.4 is 0 Å². The summed E-state index contributed by atoms with van der Waals surface area (Å²) in [5.74, 6) is 0.773. The molecule has 0 aliphatic heterocycles. The van der Waals surface area contributed by atoms with Gasteiger partial charge < -0.3 is 10.0 Å². The molecule has 88 valence electrons. The van der Waals surface area contributed by atoms with E-state index in [0.717, 1.165) is 12.1 Å². The van der Waals surface area contributed by atoms with Crippen molar-refractivity contribution in [1.82, 2.24) is 4.90 Å². The van der Waals surface area contributed by atoms with Crippen molar-refractivity contribution in [1.29, 1.82) is 0 Å². The quantitative estimate of drug-likeness (QED) is 0.841. The minimum Gasteiger partial charge on any atom is -0.507 e. The zero-order valence-corrected chi connectivity index (χ0v) is 10.6. The van der Waals surface area contributed by atoms with Gasteiger partial charge in [-0.3, -0.25) is 0 Å². The topological polar surface area (TPSA) is 23.5 Å². The average Bonchev–Trinajstić information content (AvgIpc) is 2.20. The number of phenolic OH excluding ortho intramolecular Hbond substituents is 1. The third kappa shape index (κ3) is 3.11. The highest BCUT2D eigenvalue weighted by molar-refractivity contribution is 5.71. The van der Waals surface area contributed by atoms with Gasteiger partial charge in [-0.2, -0.15) is 0 Å². The SMILES string of the molecule is CC=C(c1ccccc1O)C(C)CN(C)C. The molecule has 0 amide bonds. The predicted octanol–water partition coefficient (Wildman–Crippen LogP) is 2.99. The summed E-state index contributed by atoms with van der Waals surface area (Å²) in [6, 6.07) is 7.52. The molecule has 1 rings (SSSR count). The van der Waals surface area contributed by atoms with Crippen molar-refractivity contribution >= 4 is 5.57 Å². The van der Waals surface area contributed by atoms with Crippen molar-refractivity contribution in [3.63, 3.8) is 0 Å². The Morgan fingerprint density at radius 2 is 2.00 bits per heavy atom. The van der Waals surface area contributed by atoms with Crippen molar-refractivity contribution < 1.29 is 5.11 Å². The first-order valence-corrected chi connectivity index (χ1v) is 5.65. The third-order valence-electron chi connectivity index (χ3n) is 2.70. The fraction of sp³-hybridized carbons (Fsp3) is 0.429. The molecule has 0 bridgehead atoms. The number of phenols is 1. The minimum absolute atomic E-state index is 0.362. The Morgan fingerprint density at radius 1 is 1.38 bits per heavy atom. The third-order valence-corrected chi connectivity index (χ3v) is 2.70. The maximum atomic E-state index is 9.84. The first kappa shape index (κ1) is 12.8. The van der Waals surface area contributed by atoms with Crippen LogP contribution in [0.4, 0.5) is 0 Å². The highest BCUT2D eigenvalue weighted by Gasteiger charge is 2.13. The molecule has 0 radical (unpaired) electrons. The van der Waals surface area contributed by atoms with E-state index in [0.29, 0.717) is 11.7 Å². The molecule has 0 spiro atoms. The van der Waals surface area contributed by atoms with Gasteiger partial charge in [0.15, 0.2) is 0 Å². The second-order valence-electron chi connectivity index (χ2n) is 4.42. The fourth-order valence-corrected chi connectivity index (χ4v) is 2.07. The van der Waals surface area contributed by atoms with Gasteiger partial charge in [-0.15, -0.1) is 0 Å². The van der Waals surface area contributed by atoms with Crippen LogP contribution in [0.25, 0.3) is 5.57 Å². The lowest BCUT2D eigenvalue weighted by molar-refractivity contribution is 0.375. The Morgan fingerprint density at radius 3 is 2.50 bits per heavy atom. The van der Waals surface area contributed by atoms with E-state index in [2.05, 4.69) is 32.0 Å². The van der Waals surface area contributed by atoms with E-state index in [1.807, 2.05) is 25.1 Å². The van der Waals surface area contributed by atoms with Gasteiger partial charge in [0.25, 0.3) is 0 Å². The molecule has 0 aromatic heterocycles. The normalized spacial score (nSPS) is 14.2. The number of allylic oxidation sites excluding steroid dienone is 1. The van der Waals surface area contributed by atoms with Gasteiger partial charge >= 0.3 is 0 Å². The van der Waals surface area contributed by atoms with Crippen LogP contribution in [0.15, 0.2) is 30.3 Å². The highest BCUT2D eigenvalue weighted by Crippen LogP contribution is 2.30. The fourth-order valence-electron chi connectivity index (χ4n) is 2.07. The number of hydrogen-bond acceptors (Lipinski definition) is 2. The maximum Gasteiger partial charge on any atom is 0.123 e. The van der Waals surface area contributed by atoms with E-state index in [4.69, 9.17) is 0 Å². The van der Waals surface area contributed by atoms with Crippen molar-refractivity contribution in [3.8, 4) is 5.75 Å². The van der Waals surface area contributed by atoms with Gasteiger partial charge in [0.1, 0.15) is 5.75 Å². The van der Waals surface area contributed by atoms with Crippen LogP contribution in [-0.4, -0.2) is 30.6 Å². The molecule has 0 heterocycles. The van der Waals surface area contributed by atoms with E-state index in [1.54, 1.807) is 6.07 Å². The van der Waals surface area contributed by atoms with Gasteiger partial charge in [0.2, 0.25) is 0 Å². The first-order chi connectivity index (χ1) is 7.56. The van der Waals surface area contributed by atoms with E-state index in [-0.39, 0.29) is 0 Å². The maximum absolute atomic E-state index is 9.84. The van der Waals surface area contributed by atoms with Crippen LogP contribution in [0.1, 0.15) is 19.4 Å². The minimum atomic E-state index is 0.362. The molecule has 1 aromatic rings. The van der Waals surface area contributed by atoms with Gasteiger partial charge in [-0.05, 0) is 38.6 Å². The number of benzene rings is 1. The van der Waals surface area contributed by atoms with E-state index in [9.17, 15) is 5.11 Å². The summed E-state index contributed by atoms with van der Waals surface area (Å²) >= 11 is 0. The van der Waals surface area contributed by atoms with Crippen LogP contribution in [0, 0.1) is 5.92 Å². The van der Waals surface area contributed by atoms with Crippen LogP contribution in [0.3, 0.4) is 0 Å². The number of para-hydroxylation sites is 1. The van der Waals surface area contributed by atoms with Crippen LogP contribution in [0.2, 0.25) is 0 Å². The molecule has 1 unspecified atom stereocenters. The first-order valence-electron chi connectivity index (χ1n) is 5.65. The molecule has 1 atom stereocenters. The summed E-state index contributed by atoms with van der Waals surface area (Å²) in [5.41, 5.74) is 2.14. The second-order valence-corrected chi connectivity index (χ2v) is 4.42.